The molecule has 1 saturated carbocycles. The van der Waals surface area contributed by atoms with Crippen LogP contribution in [0, 0.1) is 0 Å². The molecule has 0 saturated heterocycles. The highest BCUT2D eigenvalue weighted by atomic mass is 16.3. The summed E-state index contributed by atoms with van der Waals surface area (Å²) in [5, 5.41) is 9.48. The molecule has 1 aromatic heterocycles. The van der Waals surface area contributed by atoms with Crippen molar-refractivity contribution in [3.63, 3.8) is 0 Å². The van der Waals surface area contributed by atoms with E-state index in [0.717, 1.165) is 31.5 Å². The normalized spacial score (nSPS) is 27.0. The summed E-state index contributed by atoms with van der Waals surface area (Å²) in [6, 6.07) is 0. The molecule has 16 heavy (non-hydrogen) atoms. The highest BCUT2D eigenvalue weighted by molar-refractivity contribution is 5.13. The zero-order chi connectivity index (χ0) is 11.8. The van der Waals surface area contributed by atoms with Gasteiger partial charge in [0.05, 0.1) is 6.10 Å². The van der Waals surface area contributed by atoms with Gasteiger partial charge < -0.3 is 10.1 Å². The fraction of sp³-hybridized carbons (Fsp3) is 0.769. The van der Waals surface area contributed by atoms with Gasteiger partial charge in [-0.25, -0.2) is 4.98 Å². The minimum Gasteiger partial charge on any atom is -0.393 e. The van der Waals surface area contributed by atoms with Crippen LogP contribution in [-0.4, -0.2) is 21.2 Å². The van der Waals surface area contributed by atoms with Gasteiger partial charge in [-0.1, -0.05) is 20.8 Å². The van der Waals surface area contributed by atoms with E-state index in [4.69, 9.17) is 0 Å². The van der Waals surface area contributed by atoms with Crippen molar-refractivity contribution >= 4 is 0 Å². The summed E-state index contributed by atoms with van der Waals surface area (Å²) < 4.78 is 0. The largest absolute Gasteiger partial charge is 0.393 e. The van der Waals surface area contributed by atoms with Gasteiger partial charge in [0.1, 0.15) is 5.82 Å². The van der Waals surface area contributed by atoms with Gasteiger partial charge in [0.15, 0.2) is 0 Å². The summed E-state index contributed by atoms with van der Waals surface area (Å²) >= 11 is 0. The lowest BCUT2D eigenvalue weighted by Crippen LogP contribution is -2.18. The number of aliphatic hydroxyl groups excluding tert-OH is 1. The van der Waals surface area contributed by atoms with Crippen molar-refractivity contribution in [1.29, 1.82) is 0 Å². The zero-order valence-corrected chi connectivity index (χ0v) is 10.5. The molecule has 1 heterocycles. The second kappa shape index (κ2) is 4.21. The lowest BCUT2D eigenvalue weighted by molar-refractivity contribution is 0.121. The van der Waals surface area contributed by atoms with Crippen molar-refractivity contribution in [3.8, 4) is 0 Å². The molecule has 3 heteroatoms. The maximum Gasteiger partial charge on any atom is 0.109 e. The zero-order valence-electron chi connectivity index (χ0n) is 10.5. The Labute approximate surface area is 97.3 Å². The molecule has 0 atom stereocenters. The molecular weight excluding hydrogens is 200 g/mol. The Hall–Kier alpha value is -0.830. The summed E-state index contributed by atoms with van der Waals surface area (Å²) in [7, 11) is 0. The molecule has 1 fully saturated rings. The van der Waals surface area contributed by atoms with Crippen molar-refractivity contribution in [2.24, 2.45) is 0 Å². The minimum atomic E-state index is -0.0895. The molecule has 3 nitrogen and oxygen atoms in total. The monoisotopic (exact) mass is 222 g/mol. The first kappa shape index (κ1) is 11.6. The van der Waals surface area contributed by atoms with E-state index >= 15 is 0 Å². The molecule has 0 spiro atoms. The van der Waals surface area contributed by atoms with E-state index in [1.807, 2.05) is 6.20 Å². The average Bonchev–Trinajstić information content (AvgIpc) is 2.67. The van der Waals surface area contributed by atoms with Gasteiger partial charge in [0.2, 0.25) is 0 Å². The molecule has 1 aliphatic rings. The summed E-state index contributed by atoms with van der Waals surface area (Å²) in [4.78, 5) is 7.94. The lowest BCUT2D eigenvalue weighted by atomic mass is 9.87. The van der Waals surface area contributed by atoms with Crippen molar-refractivity contribution in [3.05, 3.63) is 17.7 Å². The third-order valence-corrected chi connectivity index (χ3v) is 3.49. The van der Waals surface area contributed by atoms with Crippen LogP contribution in [-0.2, 0) is 5.41 Å². The number of aliphatic hydroxyl groups is 1. The second-order valence-corrected chi connectivity index (χ2v) is 5.94. The quantitative estimate of drug-likeness (QED) is 0.767. The SMILES string of the molecule is CC(C)(C)c1cnc(C2CCC(O)CC2)[nH]1. The average molecular weight is 222 g/mol. The van der Waals surface area contributed by atoms with E-state index in [2.05, 4.69) is 30.7 Å². The third-order valence-electron chi connectivity index (χ3n) is 3.49. The number of nitrogens with one attached hydrogen (secondary N) is 1. The Bertz CT molecular complexity index is 343. The molecule has 0 radical (unpaired) electrons. The summed E-state index contributed by atoms with van der Waals surface area (Å²) in [5.74, 6) is 1.62. The third kappa shape index (κ3) is 2.46. The highest BCUT2D eigenvalue weighted by Crippen LogP contribution is 2.32. The summed E-state index contributed by atoms with van der Waals surface area (Å²) in [6.07, 6.45) is 5.80. The standard InChI is InChI=1S/C13H22N2O/c1-13(2,3)11-8-14-12(15-11)9-4-6-10(16)7-5-9/h8-10,16H,4-7H2,1-3H3,(H,14,15). The van der Waals surface area contributed by atoms with Gasteiger partial charge in [0.25, 0.3) is 0 Å². The summed E-state index contributed by atoms with van der Waals surface area (Å²) in [5.41, 5.74) is 1.34. The lowest BCUT2D eigenvalue weighted by Gasteiger charge is -2.24. The molecule has 2 rings (SSSR count). The molecule has 0 unspecified atom stereocenters. The number of rotatable bonds is 1. The second-order valence-electron chi connectivity index (χ2n) is 5.94. The van der Waals surface area contributed by atoms with E-state index < -0.39 is 0 Å². The van der Waals surface area contributed by atoms with E-state index in [9.17, 15) is 5.11 Å². The Morgan fingerprint density at radius 3 is 2.38 bits per heavy atom. The summed E-state index contributed by atoms with van der Waals surface area (Å²) in [6.45, 7) is 6.57. The van der Waals surface area contributed by atoms with Crippen LogP contribution in [0.25, 0.3) is 0 Å². The van der Waals surface area contributed by atoms with Crippen LogP contribution in [0.4, 0.5) is 0 Å². The van der Waals surface area contributed by atoms with Crippen LogP contribution in [0.1, 0.15) is 63.9 Å². The van der Waals surface area contributed by atoms with Crippen LogP contribution in [0.15, 0.2) is 6.20 Å². The van der Waals surface area contributed by atoms with Gasteiger partial charge in [-0.3, -0.25) is 0 Å². The number of aromatic nitrogens is 2. The van der Waals surface area contributed by atoms with Gasteiger partial charge in [-0.05, 0) is 25.7 Å². The van der Waals surface area contributed by atoms with Gasteiger partial charge in [0, 0.05) is 23.2 Å². The molecule has 1 aliphatic carbocycles. The van der Waals surface area contributed by atoms with E-state index in [0.29, 0.717) is 5.92 Å². The maximum absolute atomic E-state index is 9.48. The Morgan fingerprint density at radius 1 is 1.25 bits per heavy atom. The van der Waals surface area contributed by atoms with E-state index in [1.54, 1.807) is 0 Å². The molecule has 0 aliphatic heterocycles. The minimum absolute atomic E-state index is 0.0895. The molecule has 0 aromatic carbocycles. The Morgan fingerprint density at radius 2 is 1.88 bits per heavy atom. The van der Waals surface area contributed by atoms with Crippen LogP contribution in [0.3, 0.4) is 0 Å². The predicted octanol–water partition coefficient (Wildman–Crippen LogP) is 2.73. The Balaban J connectivity index is 2.08. The first-order chi connectivity index (χ1) is 7.47. The van der Waals surface area contributed by atoms with Crippen LogP contribution < -0.4 is 0 Å². The van der Waals surface area contributed by atoms with Gasteiger partial charge in [-0.2, -0.15) is 0 Å². The Kier molecular flexibility index (Phi) is 3.06. The molecule has 0 amide bonds. The van der Waals surface area contributed by atoms with Crippen molar-refractivity contribution < 1.29 is 5.11 Å². The topological polar surface area (TPSA) is 48.9 Å². The number of hydrogen-bond donors (Lipinski definition) is 2. The number of imidazole rings is 1. The van der Waals surface area contributed by atoms with E-state index in [1.165, 1.54) is 5.69 Å². The smallest absolute Gasteiger partial charge is 0.109 e. The van der Waals surface area contributed by atoms with Gasteiger partial charge >= 0.3 is 0 Å². The maximum atomic E-state index is 9.48. The number of H-pyrrole nitrogens is 1. The van der Waals surface area contributed by atoms with Crippen molar-refractivity contribution in [2.75, 3.05) is 0 Å². The fourth-order valence-electron chi connectivity index (χ4n) is 2.27. The molecular formula is C13H22N2O. The van der Waals surface area contributed by atoms with E-state index in [-0.39, 0.29) is 11.5 Å². The number of nitrogens with zero attached hydrogens (tertiary/aromatic N) is 1. The molecule has 2 N–H and O–H groups in total. The first-order valence-corrected chi connectivity index (χ1v) is 6.20. The van der Waals surface area contributed by atoms with Crippen LogP contribution >= 0.6 is 0 Å². The highest BCUT2D eigenvalue weighted by Gasteiger charge is 2.24. The fourth-order valence-corrected chi connectivity index (χ4v) is 2.27. The predicted molar refractivity (Wildman–Crippen MR) is 64.5 cm³/mol. The molecule has 90 valence electrons. The van der Waals surface area contributed by atoms with Gasteiger partial charge in [-0.15, -0.1) is 0 Å². The molecule has 1 aromatic rings. The first-order valence-electron chi connectivity index (χ1n) is 6.20. The number of hydrogen-bond acceptors (Lipinski definition) is 2. The van der Waals surface area contributed by atoms with Crippen molar-refractivity contribution in [1.82, 2.24) is 9.97 Å². The van der Waals surface area contributed by atoms with Crippen LogP contribution in [0.5, 0.6) is 0 Å². The molecule has 0 bridgehead atoms. The number of aromatic amines is 1. The van der Waals surface area contributed by atoms with Crippen LogP contribution in [0.2, 0.25) is 0 Å². The van der Waals surface area contributed by atoms with Crippen molar-refractivity contribution in [2.45, 2.75) is 63.9 Å².